The Labute approximate surface area is 137 Å². The summed E-state index contributed by atoms with van der Waals surface area (Å²) >= 11 is 0. The minimum absolute atomic E-state index is 0.0687. The average Bonchev–Trinajstić information content (AvgIpc) is 2.28. The largest absolute Gasteiger partial charge is 0.507 e. The average molecular weight is 306 g/mol. The number of phenols is 1. The highest BCUT2D eigenvalue weighted by Gasteiger charge is 2.33. The van der Waals surface area contributed by atoms with Gasteiger partial charge in [-0.1, -0.05) is 61.8 Å². The van der Waals surface area contributed by atoms with Gasteiger partial charge in [0.05, 0.1) is 0 Å². The highest BCUT2D eigenvalue weighted by atomic mass is 16.3. The van der Waals surface area contributed by atoms with E-state index in [0.717, 1.165) is 36.1 Å². The Morgan fingerprint density at radius 1 is 0.909 bits per heavy atom. The van der Waals surface area contributed by atoms with Gasteiger partial charge in [0.25, 0.3) is 0 Å². The van der Waals surface area contributed by atoms with Gasteiger partial charge in [0.2, 0.25) is 0 Å². The molecule has 0 saturated heterocycles. The minimum atomic E-state index is -0.116. The third-order valence-corrected chi connectivity index (χ3v) is 4.44. The van der Waals surface area contributed by atoms with E-state index in [9.17, 15) is 5.11 Å². The molecule has 0 amide bonds. The molecule has 1 aromatic carbocycles. The van der Waals surface area contributed by atoms with Gasteiger partial charge in [-0.05, 0) is 41.2 Å². The normalized spacial score (nSPS) is 13.5. The van der Waals surface area contributed by atoms with Crippen molar-refractivity contribution in [2.45, 2.75) is 85.5 Å². The zero-order valence-corrected chi connectivity index (χ0v) is 15.8. The van der Waals surface area contributed by atoms with E-state index in [4.69, 9.17) is 5.73 Å². The number of anilines is 1. The molecule has 22 heavy (non-hydrogen) atoms. The topological polar surface area (TPSA) is 46.2 Å². The van der Waals surface area contributed by atoms with Crippen molar-refractivity contribution in [1.82, 2.24) is 0 Å². The van der Waals surface area contributed by atoms with E-state index in [2.05, 4.69) is 55.4 Å². The Kier molecular flexibility index (Phi) is 5.26. The van der Waals surface area contributed by atoms with Crippen molar-refractivity contribution in [3.05, 3.63) is 23.3 Å². The van der Waals surface area contributed by atoms with Crippen LogP contribution in [0, 0.1) is 5.41 Å². The van der Waals surface area contributed by atoms with Gasteiger partial charge in [0, 0.05) is 16.8 Å². The molecular formula is C20H35NO. The molecule has 0 aliphatic rings. The Bertz CT molecular complexity index is 521. The van der Waals surface area contributed by atoms with Crippen molar-refractivity contribution < 1.29 is 5.11 Å². The van der Waals surface area contributed by atoms with E-state index >= 15 is 0 Å². The second kappa shape index (κ2) is 6.14. The molecular weight excluding hydrogens is 270 g/mol. The van der Waals surface area contributed by atoms with Gasteiger partial charge in [-0.25, -0.2) is 0 Å². The van der Waals surface area contributed by atoms with Crippen molar-refractivity contribution in [3.63, 3.8) is 0 Å². The molecule has 3 N–H and O–H groups in total. The predicted octanol–water partition coefficient (Wildman–Crippen LogP) is 5.77. The van der Waals surface area contributed by atoms with Crippen molar-refractivity contribution in [3.8, 4) is 5.75 Å². The Hall–Kier alpha value is -1.18. The number of benzene rings is 1. The molecule has 1 rings (SSSR count). The standard InChI is InChI=1S/C20H35NO/c1-9-10-19(5,6)15-11-14(21)12-16(17(15)22)20(7,8)13-18(2,3)4/h11-12,22H,9-10,13,21H2,1-8H3. The van der Waals surface area contributed by atoms with Gasteiger partial charge in [-0.3, -0.25) is 0 Å². The maximum atomic E-state index is 11.0. The van der Waals surface area contributed by atoms with Gasteiger partial charge < -0.3 is 10.8 Å². The van der Waals surface area contributed by atoms with E-state index in [1.165, 1.54) is 0 Å². The monoisotopic (exact) mass is 305 g/mol. The summed E-state index contributed by atoms with van der Waals surface area (Å²) in [5.41, 5.74) is 8.88. The number of aromatic hydroxyl groups is 1. The molecule has 0 bridgehead atoms. The van der Waals surface area contributed by atoms with E-state index in [1.807, 2.05) is 12.1 Å². The van der Waals surface area contributed by atoms with Gasteiger partial charge in [0.15, 0.2) is 0 Å². The molecule has 0 aromatic heterocycles. The lowest BCUT2D eigenvalue weighted by atomic mass is 9.70. The summed E-state index contributed by atoms with van der Waals surface area (Å²) in [6.07, 6.45) is 3.11. The molecule has 1 aromatic rings. The molecule has 2 nitrogen and oxygen atoms in total. The van der Waals surface area contributed by atoms with Crippen LogP contribution in [0.5, 0.6) is 5.75 Å². The van der Waals surface area contributed by atoms with Gasteiger partial charge in [0.1, 0.15) is 5.75 Å². The number of hydrogen-bond acceptors (Lipinski definition) is 2. The molecule has 0 fully saturated rings. The maximum absolute atomic E-state index is 11.0. The molecule has 0 atom stereocenters. The highest BCUT2D eigenvalue weighted by molar-refractivity contribution is 5.57. The van der Waals surface area contributed by atoms with Crippen molar-refractivity contribution in [2.75, 3.05) is 5.73 Å². The molecule has 0 unspecified atom stereocenters. The molecule has 0 aliphatic carbocycles. The van der Waals surface area contributed by atoms with Crippen LogP contribution in [0.2, 0.25) is 0 Å². The van der Waals surface area contributed by atoms with Crippen LogP contribution in [0.3, 0.4) is 0 Å². The SMILES string of the molecule is CCCC(C)(C)c1cc(N)cc(C(C)(C)CC(C)(C)C)c1O. The van der Waals surface area contributed by atoms with Crippen LogP contribution in [-0.4, -0.2) is 5.11 Å². The second-order valence-corrected chi connectivity index (χ2v) is 9.22. The van der Waals surface area contributed by atoms with E-state index in [1.54, 1.807) is 0 Å². The molecule has 0 radical (unpaired) electrons. The zero-order valence-electron chi connectivity index (χ0n) is 15.8. The first-order valence-corrected chi connectivity index (χ1v) is 8.43. The lowest BCUT2D eigenvalue weighted by molar-refractivity contribution is 0.277. The Balaban J connectivity index is 3.43. The first-order chi connectivity index (χ1) is 9.80. The minimum Gasteiger partial charge on any atom is -0.507 e. The molecule has 0 spiro atoms. The number of phenolic OH excluding ortho intramolecular Hbond substituents is 1. The lowest BCUT2D eigenvalue weighted by Crippen LogP contribution is -2.26. The van der Waals surface area contributed by atoms with Gasteiger partial charge in [-0.15, -0.1) is 0 Å². The summed E-state index contributed by atoms with van der Waals surface area (Å²) in [6.45, 7) is 17.7. The molecule has 2 heteroatoms. The van der Waals surface area contributed by atoms with Crippen LogP contribution in [0.25, 0.3) is 0 Å². The van der Waals surface area contributed by atoms with Crippen molar-refractivity contribution in [2.24, 2.45) is 5.41 Å². The quantitative estimate of drug-likeness (QED) is 0.536. The number of nitrogens with two attached hydrogens (primary N) is 1. The maximum Gasteiger partial charge on any atom is 0.123 e. The summed E-state index contributed by atoms with van der Waals surface area (Å²) in [4.78, 5) is 0. The summed E-state index contributed by atoms with van der Waals surface area (Å²) in [5, 5.41) is 11.0. The number of hydrogen-bond donors (Lipinski definition) is 2. The highest BCUT2D eigenvalue weighted by Crippen LogP contribution is 2.45. The van der Waals surface area contributed by atoms with Gasteiger partial charge >= 0.3 is 0 Å². The summed E-state index contributed by atoms with van der Waals surface area (Å²) in [5.74, 6) is 0.432. The summed E-state index contributed by atoms with van der Waals surface area (Å²) in [6, 6.07) is 3.90. The third kappa shape index (κ3) is 4.41. The second-order valence-electron chi connectivity index (χ2n) is 9.22. The van der Waals surface area contributed by atoms with Crippen LogP contribution in [-0.2, 0) is 10.8 Å². The van der Waals surface area contributed by atoms with Crippen molar-refractivity contribution in [1.29, 1.82) is 0 Å². The fraction of sp³-hybridized carbons (Fsp3) is 0.700. The smallest absolute Gasteiger partial charge is 0.123 e. The number of rotatable bonds is 5. The van der Waals surface area contributed by atoms with Crippen LogP contribution in [0.15, 0.2) is 12.1 Å². The molecule has 0 saturated carbocycles. The number of nitrogen functional groups attached to an aromatic ring is 1. The summed E-state index contributed by atoms with van der Waals surface area (Å²) < 4.78 is 0. The van der Waals surface area contributed by atoms with Crippen LogP contribution >= 0.6 is 0 Å². The van der Waals surface area contributed by atoms with E-state index < -0.39 is 0 Å². The molecule has 0 aliphatic heterocycles. The van der Waals surface area contributed by atoms with Gasteiger partial charge in [-0.2, -0.15) is 0 Å². The fourth-order valence-electron chi connectivity index (χ4n) is 3.87. The lowest BCUT2D eigenvalue weighted by Gasteiger charge is -2.35. The first kappa shape index (κ1) is 18.9. The first-order valence-electron chi connectivity index (χ1n) is 8.43. The van der Waals surface area contributed by atoms with Crippen LogP contribution in [0.1, 0.15) is 85.8 Å². The summed E-state index contributed by atoms with van der Waals surface area (Å²) in [7, 11) is 0. The van der Waals surface area contributed by atoms with Crippen LogP contribution < -0.4 is 5.73 Å². The molecule has 0 heterocycles. The Morgan fingerprint density at radius 2 is 1.36 bits per heavy atom. The Morgan fingerprint density at radius 3 is 1.77 bits per heavy atom. The predicted molar refractivity (Wildman–Crippen MR) is 97.6 cm³/mol. The van der Waals surface area contributed by atoms with E-state index in [0.29, 0.717) is 5.75 Å². The molecule has 126 valence electrons. The van der Waals surface area contributed by atoms with Crippen LogP contribution in [0.4, 0.5) is 5.69 Å². The van der Waals surface area contributed by atoms with E-state index in [-0.39, 0.29) is 16.2 Å². The zero-order chi connectivity index (χ0) is 17.3. The fourth-order valence-corrected chi connectivity index (χ4v) is 3.87. The van der Waals surface area contributed by atoms with Crippen molar-refractivity contribution >= 4 is 5.69 Å². The third-order valence-electron chi connectivity index (χ3n) is 4.44.